The molecule has 0 spiro atoms. The Labute approximate surface area is 107 Å². The van der Waals surface area contributed by atoms with Crippen molar-refractivity contribution in [1.82, 2.24) is 10.1 Å². The van der Waals surface area contributed by atoms with Crippen molar-refractivity contribution in [2.45, 2.75) is 57.8 Å². The molecule has 4 saturated carbocycles. The third kappa shape index (κ3) is 1.32. The van der Waals surface area contributed by atoms with E-state index in [1.165, 1.54) is 38.5 Å². The van der Waals surface area contributed by atoms with Gasteiger partial charge in [-0.15, -0.1) is 0 Å². The van der Waals surface area contributed by atoms with Crippen LogP contribution >= 0.6 is 0 Å². The molecule has 4 nitrogen and oxygen atoms in total. The Morgan fingerprint density at radius 2 is 1.78 bits per heavy atom. The molecule has 98 valence electrons. The van der Waals surface area contributed by atoms with Crippen molar-refractivity contribution in [2.75, 3.05) is 5.73 Å². The molecule has 18 heavy (non-hydrogen) atoms. The fraction of sp³-hybridized carbons (Fsp3) is 0.857. The summed E-state index contributed by atoms with van der Waals surface area (Å²) in [4.78, 5) is 4.36. The van der Waals surface area contributed by atoms with E-state index in [0.717, 1.165) is 11.8 Å². The van der Waals surface area contributed by atoms with Crippen LogP contribution in [0.15, 0.2) is 4.52 Å². The summed E-state index contributed by atoms with van der Waals surface area (Å²) in [5.41, 5.74) is 6.71. The number of rotatable bonds is 1. The zero-order valence-corrected chi connectivity index (χ0v) is 11.2. The number of nitrogens with zero attached hydrogens (tertiary/aromatic N) is 2. The minimum absolute atomic E-state index is 0.119. The van der Waals surface area contributed by atoms with Gasteiger partial charge in [0.25, 0.3) is 5.95 Å². The Balaban J connectivity index is 1.82. The van der Waals surface area contributed by atoms with E-state index in [0.29, 0.717) is 10.8 Å². The summed E-state index contributed by atoms with van der Waals surface area (Å²) in [7, 11) is 0. The van der Waals surface area contributed by atoms with Crippen LogP contribution < -0.4 is 5.73 Å². The fourth-order valence-corrected chi connectivity index (χ4v) is 6.14. The summed E-state index contributed by atoms with van der Waals surface area (Å²) < 4.78 is 5.45. The van der Waals surface area contributed by atoms with E-state index in [4.69, 9.17) is 10.3 Å². The lowest BCUT2D eigenvalue weighted by Crippen LogP contribution is -2.57. The Hall–Kier alpha value is -1.06. The van der Waals surface area contributed by atoms with E-state index >= 15 is 0 Å². The van der Waals surface area contributed by atoms with Crippen LogP contribution in [0.3, 0.4) is 0 Å². The highest BCUT2D eigenvalue weighted by atomic mass is 16.5. The first kappa shape index (κ1) is 10.8. The second-order valence-electron chi connectivity index (χ2n) is 7.87. The van der Waals surface area contributed by atoms with Crippen molar-refractivity contribution < 1.29 is 4.52 Å². The van der Waals surface area contributed by atoms with Gasteiger partial charge in [-0.2, -0.15) is 4.98 Å². The molecule has 2 unspecified atom stereocenters. The molecule has 1 aromatic heterocycles. The SMILES string of the molecule is CC12CC3CC(C)(C1)CC(c1nc(N)no1)(C3)C2. The average Bonchev–Trinajstić information content (AvgIpc) is 2.59. The molecule has 4 aliphatic carbocycles. The lowest BCUT2D eigenvalue weighted by molar-refractivity contribution is -0.118. The van der Waals surface area contributed by atoms with E-state index in [9.17, 15) is 0 Å². The van der Waals surface area contributed by atoms with Crippen LogP contribution in [-0.4, -0.2) is 10.1 Å². The van der Waals surface area contributed by atoms with Gasteiger partial charge in [0.2, 0.25) is 5.89 Å². The van der Waals surface area contributed by atoms with Crippen LogP contribution in [0.5, 0.6) is 0 Å². The van der Waals surface area contributed by atoms with Crippen molar-refractivity contribution >= 4 is 5.95 Å². The maximum absolute atomic E-state index is 5.65. The normalized spacial score (nSPS) is 49.8. The van der Waals surface area contributed by atoms with Crippen molar-refractivity contribution in [1.29, 1.82) is 0 Å². The number of hydrogen-bond donors (Lipinski definition) is 1. The van der Waals surface area contributed by atoms with Crippen LogP contribution in [0, 0.1) is 16.7 Å². The third-order valence-electron chi connectivity index (χ3n) is 5.52. The van der Waals surface area contributed by atoms with Gasteiger partial charge in [0, 0.05) is 0 Å². The molecule has 0 saturated heterocycles. The minimum atomic E-state index is 0.119. The predicted octanol–water partition coefficient (Wildman–Crippen LogP) is 2.90. The van der Waals surface area contributed by atoms with E-state index in [2.05, 4.69) is 24.0 Å². The molecular weight excluding hydrogens is 226 g/mol. The topological polar surface area (TPSA) is 64.9 Å². The van der Waals surface area contributed by atoms with E-state index < -0.39 is 0 Å². The molecule has 4 aliphatic rings. The molecule has 2 atom stereocenters. The van der Waals surface area contributed by atoms with Crippen LogP contribution in [0.25, 0.3) is 0 Å². The molecule has 4 fully saturated rings. The van der Waals surface area contributed by atoms with Gasteiger partial charge in [0.05, 0.1) is 5.41 Å². The molecule has 4 bridgehead atoms. The van der Waals surface area contributed by atoms with Crippen molar-refractivity contribution in [3.8, 4) is 0 Å². The number of nitrogens with two attached hydrogens (primary N) is 1. The quantitative estimate of drug-likeness (QED) is 0.828. The predicted molar refractivity (Wildman–Crippen MR) is 67.8 cm³/mol. The second-order valence-corrected chi connectivity index (χ2v) is 7.87. The fourth-order valence-electron chi connectivity index (χ4n) is 6.14. The highest BCUT2D eigenvalue weighted by molar-refractivity contribution is 5.23. The molecular formula is C14H21N3O. The van der Waals surface area contributed by atoms with Crippen LogP contribution in [0.4, 0.5) is 5.95 Å². The molecule has 0 radical (unpaired) electrons. The summed E-state index contributed by atoms with van der Waals surface area (Å²) in [6, 6.07) is 0. The van der Waals surface area contributed by atoms with E-state index in [1.807, 2.05) is 0 Å². The van der Waals surface area contributed by atoms with Crippen molar-refractivity contribution in [3.63, 3.8) is 0 Å². The van der Waals surface area contributed by atoms with Gasteiger partial charge in [-0.3, -0.25) is 0 Å². The lowest BCUT2D eigenvalue weighted by Gasteiger charge is -2.64. The smallest absolute Gasteiger partial charge is 0.260 e. The van der Waals surface area contributed by atoms with E-state index in [1.54, 1.807) is 0 Å². The van der Waals surface area contributed by atoms with Crippen LogP contribution in [-0.2, 0) is 5.41 Å². The molecule has 0 aromatic carbocycles. The second kappa shape index (κ2) is 2.91. The van der Waals surface area contributed by atoms with Gasteiger partial charge in [-0.1, -0.05) is 13.8 Å². The lowest BCUT2D eigenvalue weighted by atomic mass is 9.40. The molecule has 1 aromatic rings. The molecule has 4 heteroatoms. The highest BCUT2D eigenvalue weighted by Gasteiger charge is 2.62. The minimum Gasteiger partial charge on any atom is -0.365 e. The van der Waals surface area contributed by atoms with Crippen molar-refractivity contribution in [3.05, 3.63) is 5.89 Å². The summed E-state index contributed by atoms with van der Waals surface area (Å²) in [6.07, 6.45) is 7.76. The van der Waals surface area contributed by atoms with Gasteiger partial charge >= 0.3 is 0 Å². The molecule has 0 aliphatic heterocycles. The average molecular weight is 247 g/mol. The van der Waals surface area contributed by atoms with Gasteiger partial charge in [0.1, 0.15) is 0 Å². The maximum Gasteiger partial charge on any atom is 0.260 e. The largest absolute Gasteiger partial charge is 0.365 e. The first-order valence-electron chi connectivity index (χ1n) is 7.00. The zero-order valence-electron chi connectivity index (χ0n) is 11.2. The van der Waals surface area contributed by atoms with Gasteiger partial charge in [0.15, 0.2) is 0 Å². The number of anilines is 1. The molecule has 2 N–H and O–H groups in total. The van der Waals surface area contributed by atoms with Crippen LogP contribution in [0.1, 0.15) is 58.3 Å². The Kier molecular flexibility index (Phi) is 1.75. The maximum atomic E-state index is 5.65. The standard InChI is InChI=1S/C14H21N3O/c1-12-3-9-4-13(2,6-12)8-14(5-9,7-12)10-16-11(15)17-18-10/h9H,3-8H2,1-2H3,(H2,15,17). The number of aromatic nitrogens is 2. The van der Waals surface area contributed by atoms with Gasteiger partial charge < -0.3 is 10.3 Å². The monoisotopic (exact) mass is 247 g/mol. The third-order valence-corrected chi connectivity index (χ3v) is 5.52. The molecule has 1 heterocycles. The number of hydrogen-bond acceptors (Lipinski definition) is 4. The Morgan fingerprint density at radius 1 is 1.11 bits per heavy atom. The summed E-state index contributed by atoms with van der Waals surface area (Å²) >= 11 is 0. The molecule has 5 rings (SSSR count). The van der Waals surface area contributed by atoms with E-state index in [-0.39, 0.29) is 11.4 Å². The summed E-state index contributed by atoms with van der Waals surface area (Å²) in [5.74, 6) is 1.93. The summed E-state index contributed by atoms with van der Waals surface area (Å²) in [5, 5.41) is 3.81. The van der Waals surface area contributed by atoms with Crippen molar-refractivity contribution in [2.24, 2.45) is 16.7 Å². The Bertz CT molecular complexity index is 491. The van der Waals surface area contributed by atoms with Crippen LogP contribution in [0.2, 0.25) is 0 Å². The zero-order chi connectivity index (χ0) is 12.6. The first-order chi connectivity index (χ1) is 8.41. The highest BCUT2D eigenvalue weighted by Crippen LogP contribution is 2.69. The molecule has 0 amide bonds. The van der Waals surface area contributed by atoms with Gasteiger partial charge in [-0.25, -0.2) is 0 Å². The number of nitrogen functional groups attached to an aromatic ring is 1. The first-order valence-corrected chi connectivity index (χ1v) is 7.00. The summed E-state index contributed by atoms with van der Waals surface area (Å²) in [6.45, 7) is 4.90. The van der Waals surface area contributed by atoms with Gasteiger partial charge in [-0.05, 0) is 60.4 Å². The Morgan fingerprint density at radius 3 is 2.28 bits per heavy atom.